The lowest BCUT2D eigenvalue weighted by atomic mass is 9.96. The smallest absolute Gasteiger partial charge is 0.126 e. The predicted octanol–water partition coefficient (Wildman–Crippen LogP) is 4.71. The number of halogens is 2. The van der Waals surface area contributed by atoms with Gasteiger partial charge in [-0.15, -0.1) is 0 Å². The van der Waals surface area contributed by atoms with Crippen molar-refractivity contribution in [3.05, 3.63) is 68.9 Å². The average Bonchev–Trinajstić information content (AvgIpc) is 2.38. The zero-order valence-corrected chi connectivity index (χ0v) is 13.6. The first-order valence-corrected chi connectivity index (χ1v) is 7.48. The van der Waals surface area contributed by atoms with Crippen molar-refractivity contribution in [3.8, 4) is 0 Å². The summed E-state index contributed by atoms with van der Waals surface area (Å²) in [4.78, 5) is 0. The molecule has 0 heterocycles. The van der Waals surface area contributed by atoms with E-state index in [9.17, 15) is 4.39 Å². The van der Waals surface area contributed by atoms with E-state index in [4.69, 9.17) is 0 Å². The molecule has 0 saturated carbocycles. The molecule has 20 heavy (non-hydrogen) atoms. The van der Waals surface area contributed by atoms with E-state index in [1.165, 1.54) is 22.8 Å². The third-order valence-corrected chi connectivity index (χ3v) is 3.92. The fraction of sp³-hybridized carbons (Fsp3) is 0.294. The van der Waals surface area contributed by atoms with Crippen LogP contribution in [0.4, 0.5) is 4.39 Å². The molecule has 1 unspecified atom stereocenters. The van der Waals surface area contributed by atoms with E-state index in [-0.39, 0.29) is 11.9 Å². The molecule has 1 atom stereocenters. The summed E-state index contributed by atoms with van der Waals surface area (Å²) in [6.45, 7) is 4.17. The molecule has 2 rings (SSSR count). The molecular formula is C17H19BrFN. The molecule has 0 bridgehead atoms. The highest BCUT2D eigenvalue weighted by atomic mass is 79.9. The van der Waals surface area contributed by atoms with Gasteiger partial charge in [-0.2, -0.15) is 0 Å². The van der Waals surface area contributed by atoms with Crippen molar-refractivity contribution < 1.29 is 4.39 Å². The maximum Gasteiger partial charge on any atom is 0.126 e. The Labute approximate surface area is 128 Å². The van der Waals surface area contributed by atoms with E-state index in [1.54, 1.807) is 6.07 Å². The molecule has 1 N–H and O–H groups in total. The maximum atomic E-state index is 13.9. The molecule has 0 aromatic heterocycles. The minimum absolute atomic E-state index is 0.109. The van der Waals surface area contributed by atoms with Gasteiger partial charge in [0.2, 0.25) is 0 Å². The van der Waals surface area contributed by atoms with Crippen LogP contribution in [0.1, 0.15) is 28.3 Å². The Balaban J connectivity index is 2.30. The highest BCUT2D eigenvalue weighted by Crippen LogP contribution is 2.24. The Morgan fingerprint density at radius 3 is 2.35 bits per heavy atom. The molecule has 3 heteroatoms. The van der Waals surface area contributed by atoms with Gasteiger partial charge in [0, 0.05) is 10.5 Å². The quantitative estimate of drug-likeness (QED) is 0.853. The second-order valence-corrected chi connectivity index (χ2v) is 6.12. The van der Waals surface area contributed by atoms with Gasteiger partial charge in [-0.3, -0.25) is 0 Å². The van der Waals surface area contributed by atoms with Crippen LogP contribution in [-0.4, -0.2) is 7.05 Å². The van der Waals surface area contributed by atoms with Gasteiger partial charge in [-0.25, -0.2) is 4.39 Å². The molecule has 0 amide bonds. The van der Waals surface area contributed by atoms with Crippen molar-refractivity contribution >= 4 is 15.9 Å². The van der Waals surface area contributed by atoms with Crippen LogP contribution in [0, 0.1) is 19.7 Å². The molecule has 0 saturated heterocycles. The minimum Gasteiger partial charge on any atom is -0.313 e. The normalized spacial score (nSPS) is 12.4. The number of hydrogen-bond acceptors (Lipinski definition) is 1. The van der Waals surface area contributed by atoms with E-state index in [2.05, 4.69) is 53.3 Å². The molecule has 0 spiro atoms. The van der Waals surface area contributed by atoms with Gasteiger partial charge < -0.3 is 5.32 Å². The summed E-state index contributed by atoms with van der Waals surface area (Å²) in [5.74, 6) is -0.155. The fourth-order valence-electron chi connectivity index (χ4n) is 2.52. The van der Waals surface area contributed by atoms with Crippen molar-refractivity contribution in [2.75, 3.05) is 7.05 Å². The second kappa shape index (κ2) is 6.51. The Bertz CT molecular complexity index is 590. The van der Waals surface area contributed by atoms with Gasteiger partial charge in [0.05, 0.1) is 0 Å². The SMILES string of the molecule is CNC(Cc1cc(Br)ccc1F)c1cc(C)cc(C)c1. The van der Waals surface area contributed by atoms with Crippen LogP contribution in [0.25, 0.3) is 0 Å². The summed E-state index contributed by atoms with van der Waals surface area (Å²) in [6.07, 6.45) is 0.630. The van der Waals surface area contributed by atoms with Gasteiger partial charge in [-0.05, 0) is 56.6 Å². The van der Waals surface area contributed by atoms with Gasteiger partial charge in [0.25, 0.3) is 0 Å². The van der Waals surface area contributed by atoms with Crippen LogP contribution in [0.2, 0.25) is 0 Å². The molecule has 2 aromatic carbocycles. The van der Waals surface area contributed by atoms with Crippen LogP contribution in [0.3, 0.4) is 0 Å². The average molecular weight is 336 g/mol. The van der Waals surface area contributed by atoms with E-state index < -0.39 is 0 Å². The fourth-order valence-corrected chi connectivity index (χ4v) is 2.93. The number of benzene rings is 2. The number of nitrogens with one attached hydrogen (secondary N) is 1. The van der Waals surface area contributed by atoms with E-state index in [0.717, 1.165) is 10.0 Å². The van der Waals surface area contributed by atoms with Crippen LogP contribution in [0.15, 0.2) is 40.9 Å². The van der Waals surface area contributed by atoms with E-state index >= 15 is 0 Å². The molecule has 0 aliphatic rings. The van der Waals surface area contributed by atoms with Crippen LogP contribution in [-0.2, 0) is 6.42 Å². The summed E-state index contributed by atoms with van der Waals surface area (Å²) in [6, 6.07) is 11.7. The lowest BCUT2D eigenvalue weighted by molar-refractivity contribution is 0.553. The number of rotatable bonds is 4. The molecule has 2 aromatic rings. The van der Waals surface area contributed by atoms with E-state index in [1.807, 2.05) is 13.1 Å². The topological polar surface area (TPSA) is 12.0 Å². The zero-order valence-electron chi connectivity index (χ0n) is 12.0. The predicted molar refractivity (Wildman–Crippen MR) is 85.5 cm³/mol. The highest BCUT2D eigenvalue weighted by Gasteiger charge is 2.14. The summed E-state index contributed by atoms with van der Waals surface area (Å²) >= 11 is 3.40. The van der Waals surface area contributed by atoms with Gasteiger partial charge >= 0.3 is 0 Å². The Kier molecular flexibility index (Phi) is 4.95. The Morgan fingerprint density at radius 1 is 1.10 bits per heavy atom. The third-order valence-electron chi connectivity index (χ3n) is 3.43. The highest BCUT2D eigenvalue weighted by molar-refractivity contribution is 9.10. The summed E-state index contributed by atoms with van der Waals surface area (Å²) in [5, 5.41) is 3.29. The first-order chi connectivity index (χ1) is 9.49. The Hall–Kier alpha value is -1.19. The number of hydrogen-bond donors (Lipinski definition) is 1. The third kappa shape index (κ3) is 3.68. The zero-order chi connectivity index (χ0) is 14.7. The first kappa shape index (κ1) is 15.2. The van der Waals surface area contributed by atoms with Crippen LogP contribution in [0.5, 0.6) is 0 Å². The molecule has 0 aliphatic heterocycles. The van der Waals surface area contributed by atoms with E-state index in [0.29, 0.717) is 6.42 Å². The van der Waals surface area contributed by atoms with Crippen molar-refractivity contribution in [2.24, 2.45) is 0 Å². The van der Waals surface area contributed by atoms with Crippen molar-refractivity contribution in [2.45, 2.75) is 26.3 Å². The molecule has 0 aliphatic carbocycles. The maximum absolute atomic E-state index is 13.9. The minimum atomic E-state index is -0.155. The van der Waals surface area contributed by atoms with Gasteiger partial charge in [-0.1, -0.05) is 45.3 Å². The summed E-state index contributed by atoms with van der Waals surface area (Å²) < 4.78 is 14.8. The summed E-state index contributed by atoms with van der Waals surface area (Å²) in [7, 11) is 1.91. The lowest BCUT2D eigenvalue weighted by Crippen LogP contribution is -2.19. The first-order valence-electron chi connectivity index (χ1n) is 6.69. The van der Waals surface area contributed by atoms with Gasteiger partial charge in [0.15, 0.2) is 0 Å². The molecular weight excluding hydrogens is 317 g/mol. The van der Waals surface area contributed by atoms with Crippen molar-refractivity contribution in [1.29, 1.82) is 0 Å². The van der Waals surface area contributed by atoms with Crippen LogP contribution >= 0.6 is 15.9 Å². The number of aryl methyl sites for hydroxylation is 2. The van der Waals surface area contributed by atoms with Gasteiger partial charge in [0.1, 0.15) is 5.82 Å². The molecule has 0 fully saturated rings. The number of likely N-dealkylation sites (N-methyl/N-ethyl adjacent to an activating group) is 1. The van der Waals surface area contributed by atoms with Crippen molar-refractivity contribution in [1.82, 2.24) is 5.32 Å². The molecule has 1 nitrogen and oxygen atoms in total. The second-order valence-electron chi connectivity index (χ2n) is 5.20. The van der Waals surface area contributed by atoms with Crippen molar-refractivity contribution in [3.63, 3.8) is 0 Å². The summed E-state index contributed by atoms with van der Waals surface area (Å²) in [5.41, 5.74) is 4.38. The molecule has 0 radical (unpaired) electrons. The van der Waals surface area contributed by atoms with Crippen LogP contribution < -0.4 is 5.32 Å². The molecule has 106 valence electrons. The lowest BCUT2D eigenvalue weighted by Gasteiger charge is -2.18. The Morgan fingerprint density at radius 2 is 1.75 bits per heavy atom. The standard InChI is InChI=1S/C17H19BrFN/c1-11-6-12(2)8-14(7-11)17(20-3)10-13-9-15(18)4-5-16(13)19/h4-9,17,20H,10H2,1-3H3. The monoisotopic (exact) mass is 335 g/mol. The largest absolute Gasteiger partial charge is 0.313 e.